The molecule has 2 aliphatic heterocycles. The number of hydrogen-bond acceptors (Lipinski definition) is 6. The van der Waals surface area contributed by atoms with Crippen LogP contribution in [0.1, 0.15) is 39.3 Å². The van der Waals surface area contributed by atoms with E-state index in [1.54, 1.807) is 36.1 Å². The standard InChI is InChI=1S/C23H31ClN4O5/c1-5-32-20(29)18-17(25-21(30)26-19(18)15-6-8-16(24)9-7-15)14-27-10-12-28(13-11-27)22(31)33-23(2,3)4/h6-9,19H,5,10-14H2,1-4H3,(H2,25,26,30)/t19-/m1/s1. The minimum absolute atomic E-state index is 0.214. The Kier molecular flexibility index (Phi) is 7.86. The third-order valence-electron chi connectivity index (χ3n) is 5.26. The van der Waals surface area contributed by atoms with Gasteiger partial charge in [-0.1, -0.05) is 23.7 Å². The molecule has 0 unspecified atom stereocenters. The van der Waals surface area contributed by atoms with Crippen molar-refractivity contribution >= 4 is 29.7 Å². The molecule has 0 aromatic heterocycles. The zero-order chi connectivity index (χ0) is 24.2. The number of halogens is 1. The molecule has 1 saturated heterocycles. The maximum atomic E-state index is 12.9. The highest BCUT2D eigenvalue weighted by Gasteiger charge is 2.35. The van der Waals surface area contributed by atoms with E-state index in [0.29, 0.717) is 49.0 Å². The van der Waals surface area contributed by atoms with Crippen LogP contribution in [-0.4, -0.2) is 72.8 Å². The van der Waals surface area contributed by atoms with Crippen molar-refractivity contribution in [3.8, 4) is 0 Å². The van der Waals surface area contributed by atoms with Gasteiger partial charge in [0.15, 0.2) is 0 Å². The maximum Gasteiger partial charge on any atom is 0.410 e. The summed E-state index contributed by atoms with van der Waals surface area (Å²) in [6.07, 6.45) is -0.341. The Morgan fingerprint density at radius 3 is 2.33 bits per heavy atom. The summed E-state index contributed by atoms with van der Waals surface area (Å²) in [6.45, 7) is 9.93. The maximum absolute atomic E-state index is 12.9. The molecule has 1 atom stereocenters. The smallest absolute Gasteiger partial charge is 0.410 e. The van der Waals surface area contributed by atoms with E-state index in [1.807, 2.05) is 20.8 Å². The number of benzene rings is 1. The number of esters is 1. The number of carbonyl (C=O) groups is 3. The number of rotatable bonds is 5. The Hall–Kier alpha value is -2.78. The number of urea groups is 1. The normalized spacial score (nSPS) is 19.6. The lowest BCUT2D eigenvalue weighted by Gasteiger charge is -2.37. The predicted octanol–water partition coefficient (Wildman–Crippen LogP) is 3.06. The molecule has 0 aliphatic carbocycles. The van der Waals surface area contributed by atoms with Crippen molar-refractivity contribution < 1.29 is 23.9 Å². The molecule has 2 heterocycles. The van der Waals surface area contributed by atoms with Crippen LogP contribution >= 0.6 is 11.6 Å². The molecule has 1 aromatic rings. The van der Waals surface area contributed by atoms with Crippen LogP contribution in [0.25, 0.3) is 0 Å². The van der Waals surface area contributed by atoms with Crippen molar-refractivity contribution in [3.05, 3.63) is 46.1 Å². The Labute approximate surface area is 199 Å². The van der Waals surface area contributed by atoms with Gasteiger partial charge in [-0.05, 0) is 45.4 Å². The molecule has 0 bridgehead atoms. The number of nitrogens with zero attached hydrogens (tertiary/aromatic N) is 2. The number of nitrogens with one attached hydrogen (secondary N) is 2. The van der Waals surface area contributed by atoms with E-state index in [2.05, 4.69) is 15.5 Å². The molecule has 1 aromatic carbocycles. The average molecular weight is 479 g/mol. The minimum Gasteiger partial charge on any atom is -0.463 e. The number of amides is 3. The van der Waals surface area contributed by atoms with Gasteiger partial charge in [0.2, 0.25) is 0 Å². The topological polar surface area (TPSA) is 100 Å². The number of ether oxygens (including phenoxy) is 2. The lowest BCUT2D eigenvalue weighted by Crippen LogP contribution is -2.53. The van der Waals surface area contributed by atoms with Gasteiger partial charge < -0.3 is 25.0 Å². The summed E-state index contributed by atoms with van der Waals surface area (Å²) in [5.41, 5.74) is 1.02. The number of carbonyl (C=O) groups excluding carboxylic acids is 3. The fourth-order valence-corrected chi connectivity index (χ4v) is 3.86. The van der Waals surface area contributed by atoms with E-state index in [4.69, 9.17) is 21.1 Å². The lowest BCUT2D eigenvalue weighted by molar-refractivity contribution is -0.139. The van der Waals surface area contributed by atoms with Crippen LogP contribution in [0, 0.1) is 0 Å². The van der Waals surface area contributed by atoms with Crippen molar-refractivity contribution in [1.29, 1.82) is 0 Å². The first-order valence-corrected chi connectivity index (χ1v) is 11.4. The van der Waals surface area contributed by atoms with Gasteiger partial charge in [0.25, 0.3) is 0 Å². The lowest BCUT2D eigenvalue weighted by atomic mass is 9.95. The molecule has 10 heteroatoms. The van der Waals surface area contributed by atoms with Gasteiger partial charge in [0.1, 0.15) is 5.60 Å². The number of piperazine rings is 1. The quantitative estimate of drug-likeness (QED) is 0.631. The molecule has 3 amide bonds. The van der Waals surface area contributed by atoms with Crippen molar-refractivity contribution in [2.75, 3.05) is 39.3 Å². The summed E-state index contributed by atoms with van der Waals surface area (Å²) in [5.74, 6) is -0.493. The Morgan fingerprint density at radius 2 is 1.76 bits per heavy atom. The third kappa shape index (κ3) is 6.61. The molecular formula is C23H31ClN4O5. The Balaban J connectivity index is 1.79. The van der Waals surface area contributed by atoms with Crippen LogP contribution in [0.2, 0.25) is 5.02 Å². The average Bonchev–Trinajstić information content (AvgIpc) is 2.73. The van der Waals surface area contributed by atoms with Crippen molar-refractivity contribution in [2.45, 2.75) is 39.3 Å². The highest BCUT2D eigenvalue weighted by Crippen LogP contribution is 2.29. The summed E-state index contributed by atoms with van der Waals surface area (Å²) < 4.78 is 10.8. The van der Waals surface area contributed by atoms with Crippen LogP contribution in [0.15, 0.2) is 35.5 Å². The fourth-order valence-electron chi connectivity index (χ4n) is 3.74. The van der Waals surface area contributed by atoms with E-state index < -0.39 is 23.6 Å². The Bertz CT molecular complexity index is 918. The molecule has 9 nitrogen and oxygen atoms in total. The van der Waals surface area contributed by atoms with Gasteiger partial charge in [-0.25, -0.2) is 14.4 Å². The summed E-state index contributed by atoms with van der Waals surface area (Å²) >= 11 is 6.01. The van der Waals surface area contributed by atoms with Crippen LogP contribution in [0.3, 0.4) is 0 Å². The first-order chi connectivity index (χ1) is 15.6. The van der Waals surface area contributed by atoms with Crippen LogP contribution in [0.5, 0.6) is 0 Å². The molecule has 1 fully saturated rings. The molecule has 180 valence electrons. The van der Waals surface area contributed by atoms with E-state index >= 15 is 0 Å². The first-order valence-electron chi connectivity index (χ1n) is 11.0. The van der Waals surface area contributed by atoms with E-state index in [1.165, 1.54) is 0 Å². The van der Waals surface area contributed by atoms with Gasteiger partial charge in [-0.15, -0.1) is 0 Å². The zero-order valence-electron chi connectivity index (χ0n) is 19.4. The monoisotopic (exact) mass is 478 g/mol. The number of hydrogen-bond donors (Lipinski definition) is 2. The van der Waals surface area contributed by atoms with Gasteiger partial charge in [-0.3, -0.25) is 4.90 Å². The van der Waals surface area contributed by atoms with E-state index in [-0.39, 0.29) is 12.7 Å². The van der Waals surface area contributed by atoms with Crippen LogP contribution in [0.4, 0.5) is 9.59 Å². The van der Waals surface area contributed by atoms with Crippen LogP contribution in [-0.2, 0) is 14.3 Å². The van der Waals surface area contributed by atoms with E-state index in [0.717, 1.165) is 5.56 Å². The summed E-state index contributed by atoms with van der Waals surface area (Å²) in [6, 6.07) is 5.91. The summed E-state index contributed by atoms with van der Waals surface area (Å²) in [5, 5.41) is 6.16. The van der Waals surface area contributed by atoms with Gasteiger partial charge in [0.05, 0.1) is 18.2 Å². The fraction of sp³-hybridized carbons (Fsp3) is 0.522. The van der Waals surface area contributed by atoms with Gasteiger partial charge >= 0.3 is 18.1 Å². The highest BCUT2D eigenvalue weighted by molar-refractivity contribution is 6.30. The molecule has 0 spiro atoms. The van der Waals surface area contributed by atoms with Crippen molar-refractivity contribution in [2.24, 2.45) is 0 Å². The second-order valence-corrected chi connectivity index (χ2v) is 9.38. The van der Waals surface area contributed by atoms with Gasteiger partial charge in [0, 0.05) is 43.4 Å². The third-order valence-corrected chi connectivity index (χ3v) is 5.51. The molecular weight excluding hydrogens is 448 g/mol. The Morgan fingerprint density at radius 1 is 1.12 bits per heavy atom. The predicted molar refractivity (Wildman–Crippen MR) is 124 cm³/mol. The highest BCUT2D eigenvalue weighted by atomic mass is 35.5. The molecule has 0 saturated carbocycles. The summed E-state index contributed by atoms with van der Waals surface area (Å²) in [4.78, 5) is 41.4. The summed E-state index contributed by atoms with van der Waals surface area (Å²) in [7, 11) is 0. The molecule has 2 aliphatic rings. The van der Waals surface area contributed by atoms with Crippen LogP contribution < -0.4 is 10.6 Å². The van der Waals surface area contributed by atoms with Gasteiger partial charge in [-0.2, -0.15) is 0 Å². The zero-order valence-corrected chi connectivity index (χ0v) is 20.2. The van der Waals surface area contributed by atoms with Crippen molar-refractivity contribution in [3.63, 3.8) is 0 Å². The molecule has 3 rings (SSSR count). The molecule has 33 heavy (non-hydrogen) atoms. The minimum atomic E-state index is -0.659. The second-order valence-electron chi connectivity index (χ2n) is 8.94. The SMILES string of the molecule is CCOC(=O)C1=C(CN2CCN(C(=O)OC(C)(C)C)CC2)NC(=O)N[C@@H]1c1ccc(Cl)cc1. The molecule has 0 radical (unpaired) electrons. The molecule has 2 N–H and O–H groups in total. The first kappa shape index (κ1) is 24.9. The largest absolute Gasteiger partial charge is 0.463 e. The van der Waals surface area contributed by atoms with E-state index in [9.17, 15) is 14.4 Å². The van der Waals surface area contributed by atoms with Crippen molar-refractivity contribution in [1.82, 2.24) is 20.4 Å². The second kappa shape index (κ2) is 10.4.